The van der Waals surface area contributed by atoms with Gasteiger partial charge < -0.3 is 20.1 Å². The maximum Gasteiger partial charge on any atom is 0.0668 e. The molecule has 0 radical (unpaired) electrons. The van der Waals surface area contributed by atoms with Gasteiger partial charge in [0.15, 0.2) is 0 Å². The molecular weight excluding hydrogens is 316 g/mol. The monoisotopic (exact) mass is 344 g/mol. The molecule has 1 aromatic carbocycles. The van der Waals surface area contributed by atoms with E-state index < -0.39 is 0 Å². The zero-order chi connectivity index (χ0) is 17.8. The van der Waals surface area contributed by atoms with Crippen molar-refractivity contribution in [1.82, 2.24) is 9.78 Å². The third kappa shape index (κ3) is 3.96. The molecule has 2 aromatic rings. The molecule has 6 nitrogen and oxygen atoms in total. The van der Waals surface area contributed by atoms with Crippen LogP contribution in [0.2, 0.25) is 0 Å². The Balaban J connectivity index is 1.64. The van der Waals surface area contributed by atoms with Crippen molar-refractivity contribution in [3.63, 3.8) is 0 Å². The number of aryl methyl sites for hydroxylation is 1. The number of morpholine rings is 1. The van der Waals surface area contributed by atoms with Crippen LogP contribution in [-0.4, -0.2) is 47.3 Å². The number of hydrogen-bond acceptors (Lipinski definition) is 5. The molecule has 0 spiro atoms. The molecule has 3 rings (SSSR count). The first kappa shape index (κ1) is 17.8. The van der Waals surface area contributed by atoms with Crippen LogP contribution in [0.3, 0.4) is 0 Å². The molecule has 136 valence electrons. The number of hydrogen-bond donors (Lipinski definition) is 2. The lowest BCUT2D eigenvalue weighted by Gasteiger charge is -2.35. The van der Waals surface area contributed by atoms with E-state index >= 15 is 0 Å². The summed E-state index contributed by atoms with van der Waals surface area (Å²) in [4.78, 5) is 2.39. The first-order valence-corrected chi connectivity index (χ1v) is 8.92. The van der Waals surface area contributed by atoms with Crippen molar-refractivity contribution in [3.8, 4) is 0 Å². The summed E-state index contributed by atoms with van der Waals surface area (Å²) in [6.45, 7) is 10.2. The van der Waals surface area contributed by atoms with Gasteiger partial charge in [-0.2, -0.15) is 5.10 Å². The minimum atomic E-state index is 0.107. The third-order valence-electron chi connectivity index (χ3n) is 4.88. The summed E-state index contributed by atoms with van der Waals surface area (Å²) in [6, 6.07) is 8.99. The largest absolute Gasteiger partial charge is 0.394 e. The van der Waals surface area contributed by atoms with Crippen LogP contribution < -0.4 is 10.2 Å². The maximum atomic E-state index is 9.12. The highest BCUT2D eigenvalue weighted by atomic mass is 16.5. The number of benzene rings is 1. The Hall–Kier alpha value is -2.05. The van der Waals surface area contributed by atoms with Crippen molar-refractivity contribution in [2.24, 2.45) is 0 Å². The van der Waals surface area contributed by atoms with Gasteiger partial charge in [0.05, 0.1) is 32.1 Å². The van der Waals surface area contributed by atoms with Gasteiger partial charge in [-0.3, -0.25) is 4.68 Å². The molecule has 0 bridgehead atoms. The zero-order valence-corrected chi connectivity index (χ0v) is 15.3. The molecule has 1 atom stereocenters. The summed E-state index contributed by atoms with van der Waals surface area (Å²) in [7, 11) is 0. The predicted molar refractivity (Wildman–Crippen MR) is 100 cm³/mol. The van der Waals surface area contributed by atoms with E-state index in [-0.39, 0.29) is 6.61 Å². The highest BCUT2D eigenvalue weighted by Gasteiger charge is 2.18. The van der Waals surface area contributed by atoms with Gasteiger partial charge >= 0.3 is 0 Å². The second-order valence-corrected chi connectivity index (χ2v) is 6.61. The van der Waals surface area contributed by atoms with E-state index in [1.807, 2.05) is 11.6 Å². The number of nitrogens with zero attached hydrogens (tertiary/aromatic N) is 3. The van der Waals surface area contributed by atoms with Crippen LogP contribution in [-0.2, 0) is 17.8 Å². The molecule has 2 heterocycles. The molecule has 1 aliphatic heterocycles. The topological polar surface area (TPSA) is 62.5 Å². The molecule has 1 aliphatic rings. The Morgan fingerprint density at radius 3 is 2.72 bits per heavy atom. The highest BCUT2D eigenvalue weighted by Crippen LogP contribution is 2.23. The van der Waals surface area contributed by atoms with Crippen LogP contribution >= 0.6 is 0 Å². The summed E-state index contributed by atoms with van der Waals surface area (Å²) in [6.07, 6.45) is 0. The van der Waals surface area contributed by atoms with E-state index in [1.165, 1.54) is 11.3 Å². The first-order chi connectivity index (χ1) is 12.1. The fraction of sp³-hybridized carbons (Fsp3) is 0.526. The van der Waals surface area contributed by atoms with E-state index in [0.29, 0.717) is 12.6 Å². The summed E-state index contributed by atoms with van der Waals surface area (Å²) in [5, 5.41) is 17.1. The molecular formula is C19H28N4O2. The Bertz CT molecular complexity index is 696. The summed E-state index contributed by atoms with van der Waals surface area (Å²) < 4.78 is 7.38. The standard InChI is InChI=1S/C19H28N4O2/c1-14-13-25-11-9-22(14)18-6-4-17(5-7-18)20-12-19-15(2)21-23(8-10-24)16(19)3/h4-7,14,20,24H,8-13H2,1-3H3. The van der Waals surface area contributed by atoms with E-state index in [2.05, 4.69) is 53.4 Å². The minimum absolute atomic E-state index is 0.107. The van der Waals surface area contributed by atoms with Crippen LogP contribution in [0.4, 0.5) is 11.4 Å². The third-order valence-corrected chi connectivity index (χ3v) is 4.88. The second-order valence-electron chi connectivity index (χ2n) is 6.61. The molecule has 1 saturated heterocycles. The van der Waals surface area contributed by atoms with Crippen LogP contribution in [0.1, 0.15) is 23.9 Å². The molecule has 6 heteroatoms. The van der Waals surface area contributed by atoms with Gasteiger partial charge in [-0.05, 0) is 45.0 Å². The number of anilines is 2. The number of aromatic nitrogens is 2. The van der Waals surface area contributed by atoms with Crippen molar-refractivity contribution in [2.45, 2.75) is 39.9 Å². The van der Waals surface area contributed by atoms with Crippen LogP contribution in [0.25, 0.3) is 0 Å². The molecule has 1 unspecified atom stereocenters. The Morgan fingerprint density at radius 2 is 2.04 bits per heavy atom. The highest BCUT2D eigenvalue weighted by molar-refractivity contribution is 5.56. The van der Waals surface area contributed by atoms with Gasteiger partial charge in [-0.1, -0.05) is 0 Å². The van der Waals surface area contributed by atoms with E-state index in [9.17, 15) is 0 Å². The van der Waals surface area contributed by atoms with Crippen LogP contribution in [0.5, 0.6) is 0 Å². The fourth-order valence-electron chi connectivity index (χ4n) is 3.37. The van der Waals surface area contributed by atoms with Crippen LogP contribution in [0, 0.1) is 13.8 Å². The summed E-state index contributed by atoms with van der Waals surface area (Å²) in [5.41, 5.74) is 5.65. The maximum absolute atomic E-state index is 9.12. The van der Waals surface area contributed by atoms with Crippen LogP contribution in [0.15, 0.2) is 24.3 Å². The summed E-state index contributed by atoms with van der Waals surface area (Å²) in [5.74, 6) is 0. The molecule has 0 aliphatic carbocycles. The van der Waals surface area contributed by atoms with Crippen molar-refractivity contribution in [3.05, 3.63) is 41.2 Å². The van der Waals surface area contributed by atoms with Crippen molar-refractivity contribution in [2.75, 3.05) is 36.6 Å². The second kappa shape index (κ2) is 7.89. The van der Waals surface area contributed by atoms with Gasteiger partial charge in [0, 0.05) is 41.8 Å². The lowest BCUT2D eigenvalue weighted by molar-refractivity contribution is 0.0989. The van der Waals surface area contributed by atoms with E-state index in [0.717, 1.165) is 43.4 Å². The SMILES string of the molecule is Cc1nn(CCO)c(C)c1CNc1ccc(N2CCOCC2C)cc1. The van der Waals surface area contributed by atoms with E-state index in [4.69, 9.17) is 9.84 Å². The van der Waals surface area contributed by atoms with Gasteiger partial charge in [0.25, 0.3) is 0 Å². The average Bonchev–Trinajstić information content (AvgIpc) is 2.88. The number of ether oxygens (including phenoxy) is 1. The Labute approximate surface area is 149 Å². The molecule has 25 heavy (non-hydrogen) atoms. The van der Waals surface area contributed by atoms with Gasteiger partial charge in [-0.15, -0.1) is 0 Å². The quantitative estimate of drug-likeness (QED) is 0.842. The van der Waals surface area contributed by atoms with Crippen molar-refractivity contribution in [1.29, 1.82) is 0 Å². The number of aliphatic hydroxyl groups excluding tert-OH is 1. The Morgan fingerprint density at radius 1 is 1.28 bits per heavy atom. The zero-order valence-electron chi connectivity index (χ0n) is 15.3. The lowest BCUT2D eigenvalue weighted by Crippen LogP contribution is -2.43. The Kier molecular flexibility index (Phi) is 5.60. The fourth-order valence-corrected chi connectivity index (χ4v) is 3.37. The van der Waals surface area contributed by atoms with E-state index in [1.54, 1.807) is 0 Å². The molecule has 2 N–H and O–H groups in total. The number of rotatable bonds is 6. The predicted octanol–water partition coefficient (Wildman–Crippen LogP) is 2.33. The smallest absolute Gasteiger partial charge is 0.0668 e. The van der Waals surface area contributed by atoms with Gasteiger partial charge in [-0.25, -0.2) is 0 Å². The molecule has 0 amide bonds. The summed E-state index contributed by atoms with van der Waals surface area (Å²) >= 11 is 0. The number of nitrogens with one attached hydrogen (secondary N) is 1. The minimum Gasteiger partial charge on any atom is -0.394 e. The molecule has 1 aromatic heterocycles. The van der Waals surface area contributed by atoms with Gasteiger partial charge in [0.2, 0.25) is 0 Å². The molecule has 1 fully saturated rings. The lowest BCUT2D eigenvalue weighted by atomic mass is 10.1. The van der Waals surface area contributed by atoms with Gasteiger partial charge in [0.1, 0.15) is 0 Å². The van der Waals surface area contributed by atoms with Crippen molar-refractivity contribution >= 4 is 11.4 Å². The average molecular weight is 344 g/mol. The first-order valence-electron chi connectivity index (χ1n) is 8.92. The number of aliphatic hydroxyl groups is 1. The molecule has 0 saturated carbocycles. The van der Waals surface area contributed by atoms with Crippen molar-refractivity contribution < 1.29 is 9.84 Å². The normalized spacial score (nSPS) is 17.8.